The van der Waals surface area contributed by atoms with Crippen LogP contribution < -0.4 is 10.5 Å². The van der Waals surface area contributed by atoms with Crippen molar-refractivity contribution in [1.29, 1.82) is 0 Å². The van der Waals surface area contributed by atoms with Crippen LogP contribution in [0, 0.1) is 12.8 Å². The number of nitrogens with one attached hydrogen (secondary N) is 1. The fourth-order valence-electron chi connectivity index (χ4n) is 2.69. The summed E-state index contributed by atoms with van der Waals surface area (Å²) in [7, 11) is -3.77. The van der Waals surface area contributed by atoms with Gasteiger partial charge in [0.2, 0.25) is 15.9 Å². The first kappa shape index (κ1) is 16.4. The van der Waals surface area contributed by atoms with Crippen LogP contribution in [0.15, 0.2) is 4.21 Å². The van der Waals surface area contributed by atoms with Gasteiger partial charge in [-0.25, -0.2) is 18.5 Å². The van der Waals surface area contributed by atoms with Gasteiger partial charge in [-0.1, -0.05) is 43.4 Å². The summed E-state index contributed by atoms with van der Waals surface area (Å²) in [6.07, 6.45) is 7.58. The second kappa shape index (κ2) is 6.85. The first-order chi connectivity index (χ1) is 9.86. The maximum absolute atomic E-state index is 11.9. The van der Waals surface area contributed by atoms with Crippen molar-refractivity contribution in [3.63, 3.8) is 0 Å². The highest BCUT2D eigenvalue weighted by Crippen LogP contribution is 2.28. The number of rotatable bonds is 5. The van der Waals surface area contributed by atoms with Gasteiger partial charge in [0.25, 0.3) is 0 Å². The summed E-state index contributed by atoms with van der Waals surface area (Å²) < 4.78 is 22.6. The molecule has 1 heterocycles. The Morgan fingerprint density at radius 2 is 2.05 bits per heavy atom. The molecule has 1 aromatic rings. The van der Waals surface area contributed by atoms with Crippen LogP contribution in [0.4, 0.5) is 5.13 Å². The van der Waals surface area contributed by atoms with Gasteiger partial charge in [0.1, 0.15) is 0 Å². The summed E-state index contributed by atoms with van der Waals surface area (Å²) in [6.45, 7) is 1.56. The van der Waals surface area contributed by atoms with Gasteiger partial charge < -0.3 is 5.32 Å². The maximum Gasteiger partial charge on any atom is 0.249 e. The number of aromatic nitrogens is 1. The number of nitrogens with two attached hydrogens (primary N) is 1. The number of amides is 1. The lowest BCUT2D eigenvalue weighted by Crippen LogP contribution is -2.14. The lowest BCUT2D eigenvalue weighted by Gasteiger charge is -2.20. The number of hydrogen-bond acceptors (Lipinski definition) is 5. The number of anilines is 1. The first-order valence-corrected chi connectivity index (χ1v) is 9.52. The minimum atomic E-state index is -3.77. The van der Waals surface area contributed by atoms with Crippen molar-refractivity contribution in [1.82, 2.24) is 4.98 Å². The molecule has 0 aromatic carbocycles. The number of hydrogen-bond donors (Lipinski definition) is 2. The van der Waals surface area contributed by atoms with Gasteiger partial charge in [-0.05, 0) is 19.3 Å². The fraction of sp³-hybridized carbons (Fsp3) is 0.692. The standard InChI is InChI=1S/C13H21N3O3S2/c1-9-12(21(14,18)19)20-13(15-9)16-11(17)8-7-10-5-3-2-4-6-10/h10H,2-8H2,1H3,(H2,14,18,19)(H,15,16,17). The molecule has 1 aliphatic rings. The Morgan fingerprint density at radius 1 is 1.38 bits per heavy atom. The molecule has 1 fully saturated rings. The molecular weight excluding hydrogens is 310 g/mol. The molecule has 0 bridgehead atoms. The van der Waals surface area contributed by atoms with Crippen molar-refractivity contribution in [2.45, 2.75) is 56.1 Å². The van der Waals surface area contributed by atoms with Gasteiger partial charge in [0, 0.05) is 6.42 Å². The molecule has 0 unspecified atom stereocenters. The van der Waals surface area contributed by atoms with Crippen LogP contribution in [0.25, 0.3) is 0 Å². The lowest BCUT2D eigenvalue weighted by molar-refractivity contribution is -0.116. The van der Waals surface area contributed by atoms with Crippen molar-refractivity contribution >= 4 is 32.4 Å². The molecule has 0 saturated heterocycles. The molecule has 1 aromatic heterocycles. The van der Waals surface area contributed by atoms with E-state index in [1.807, 2.05) is 0 Å². The van der Waals surface area contributed by atoms with Crippen LogP contribution in [0.2, 0.25) is 0 Å². The zero-order valence-corrected chi connectivity index (χ0v) is 13.7. The summed E-state index contributed by atoms with van der Waals surface area (Å²) in [5, 5.41) is 8.05. The predicted octanol–water partition coefficient (Wildman–Crippen LogP) is 2.40. The molecule has 1 amide bonds. The van der Waals surface area contributed by atoms with Gasteiger partial charge in [0.15, 0.2) is 9.34 Å². The van der Waals surface area contributed by atoms with E-state index < -0.39 is 10.0 Å². The second-order valence-electron chi connectivity index (χ2n) is 5.53. The van der Waals surface area contributed by atoms with Crippen molar-refractivity contribution in [2.75, 3.05) is 5.32 Å². The second-order valence-corrected chi connectivity index (χ2v) is 8.28. The molecule has 21 heavy (non-hydrogen) atoms. The van der Waals surface area contributed by atoms with Crippen LogP contribution in [-0.2, 0) is 14.8 Å². The van der Waals surface area contributed by atoms with Gasteiger partial charge >= 0.3 is 0 Å². The number of primary sulfonamides is 1. The minimum absolute atomic E-state index is 0.00470. The van der Waals surface area contributed by atoms with Gasteiger partial charge in [0.05, 0.1) is 5.69 Å². The van der Waals surface area contributed by atoms with E-state index >= 15 is 0 Å². The number of carbonyl (C=O) groups excluding carboxylic acids is 1. The van der Waals surface area contributed by atoms with E-state index in [2.05, 4.69) is 10.3 Å². The zero-order valence-electron chi connectivity index (χ0n) is 12.1. The van der Waals surface area contributed by atoms with Crippen LogP contribution in [0.1, 0.15) is 50.6 Å². The third kappa shape index (κ3) is 4.76. The molecule has 2 rings (SSSR count). The quantitative estimate of drug-likeness (QED) is 0.864. The summed E-state index contributed by atoms with van der Waals surface area (Å²) in [5.41, 5.74) is 0.324. The molecule has 8 heteroatoms. The van der Waals surface area contributed by atoms with E-state index in [0.717, 1.165) is 17.8 Å². The largest absolute Gasteiger partial charge is 0.302 e. The Morgan fingerprint density at radius 3 is 2.62 bits per heavy atom. The van der Waals surface area contributed by atoms with E-state index in [1.54, 1.807) is 6.92 Å². The molecule has 0 radical (unpaired) electrons. The average Bonchev–Trinajstić information content (AvgIpc) is 2.78. The molecule has 3 N–H and O–H groups in total. The SMILES string of the molecule is Cc1nc(NC(=O)CCC2CCCCC2)sc1S(N)(=O)=O. The monoisotopic (exact) mass is 331 g/mol. The average molecular weight is 331 g/mol. The highest BCUT2D eigenvalue weighted by Gasteiger charge is 2.19. The van der Waals surface area contributed by atoms with Crippen LogP contribution in [0.5, 0.6) is 0 Å². The lowest BCUT2D eigenvalue weighted by atomic mass is 9.86. The van der Waals surface area contributed by atoms with E-state index in [4.69, 9.17) is 5.14 Å². The minimum Gasteiger partial charge on any atom is -0.302 e. The van der Waals surface area contributed by atoms with Crippen molar-refractivity contribution in [3.8, 4) is 0 Å². The third-order valence-electron chi connectivity index (χ3n) is 3.76. The molecular formula is C13H21N3O3S2. The Kier molecular flexibility index (Phi) is 5.34. The summed E-state index contributed by atoms with van der Waals surface area (Å²) >= 11 is 0.900. The molecule has 118 valence electrons. The molecule has 0 spiro atoms. The van der Waals surface area contributed by atoms with Gasteiger partial charge in [-0.2, -0.15) is 0 Å². The topological polar surface area (TPSA) is 102 Å². The van der Waals surface area contributed by atoms with E-state index in [0.29, 0.717) is 23.2 Å². The fourth-order valence-corrected chi connectivity index (χ4v) is 4.57. The zero-order chi connectivity index (χ0) is 15.5. The van der Waals surface area contributed by atoms with Crippen molar-refractivity contribution < 1.29 is 13.2 Å². The summed E-state index contributed by atoms with van der Waals surface area (Å²) in [6, 6.07) is 0. The van der Waals surface area contributed by atoms with Crippen LogP contribution in [-0.4, -0.2) is 19.3 Å². The molecule has 1 saturated carbocycles. The highest BCUT2D eigenvalue weighted by molar-refractivity contribution is 7.91. The Labute approximate surface area is 129 Å². The highest BCUT2D eigenvalue weighted by atomic mass is 32.2. The van der Waals surface area contributed by atoms with E-state index in [-0.39, 0.29) is 10.1 Å². The Hall–Kier alpha value is -0.990. The van der Waals surface area contributed by atoms with Gasteiger partial charge in [-0.15, -0.1) is 0 Å². The summed E-state index contributed by atoms with van der Waals surface area (Å²) in [4.78, 5) is 15.9. The van der Waals surface area contributed by atoms with Crippen molar-refractivity contribution in [2.24, 2.45) is 11.1 Å². The summed E-state index contributed by atoms with van der Waals surface area (Å²) in [5.74, 6) is 0.526. The van der Waals surface area contributed by atoms with Crippen LogP contribution >= 0.6 is 11.3 Å². The third-order valence-corrected chi connectivity index (χ3v) is 6.39. The Bertz CT molecular complexity index is 604. The number of sulfonamides is 1. The van der Waals surface area contributed by atoms with E-state index in [1.165, 1.54) is 32.1 Å². The molecule has 0 atom stereocenters. The normalized spacial score (nSPS) is 16.9. The first-order valence-electron chi connectivity index (χ1n) is 7.16. The molecule has 0 aliphatic heterocycles. The smallest absolute Gasteiger partial charge is 0.249 e. The van der Waals surface area contributed by atoms with Crippen LogP contribution in [0.3, 0.4) is 0 Å². The van der Waals surface area contributed by atoms with E-state index in [9.17, 15) is 13.2 Å². The predicted molar refractivity (Wildman–Crippen MR) is 82.7 cm³/mol. The molecule has 1 aliphatic carbocycles. The van der Waals surface area contributed by atoms with Crippen molar-refractivity contribution in [3.05, 3.63) is 5.69 Å². The van der Waals surface area contributed by atoms with Gasteiger partial charge in [-0.3, -0.25) is 4.79 Å². The number of aryl methyl sites for hydroxylation is 1. The Balaban J connectivity index is 1.88. The number of thiazole rings is 1. The maximum atomic E-state index is 11.9. The molecule has 6 nitrogen and oxygen atoms in total. The number of carbonyl (C=O) groups is 1. The number of nitrogens with zero attached hydrogens (tertiary/aromatic N) is 1.